The molecule has 1 aliphatic carbocycles. The maximum atomic E-state index is 13.7. The average Bonchev–Trinajstić information content (AvgIpc) is 3.03. The van der Waals surface area contributed by atoms with Crippen LogP contribution in [0.4, 0.5) is 13.2 Å². The van der Waals surface area contributed by atoms with Gasteiger partial charge in [-0.2, -0.15) is 13.2 Å². The number of allylic oxidation sites excluding steroid dienone is 2. The van der Waals surface area contributed by atoms with Gasteiger partial charge in [0.15, 0.2) is 11.2 Å². The Labute approximate surface area is 278 Å². The number of fused-ring (bicyclic) bond motifs is 1. The fourth-order valence-electron chi connectivity index (χ4n) is 5.31. The summed E-state index contributed by atoms with van der Waals surface area (Å²) in [5.41, 5.74) is -1.31. The first-order chi connectivity index (χ1) is 22.7. The van der Waals surface area contributed by atoms with Crippen molar-refractivity contribution in [3.63, 3.8) is 0 Å². The van der Waals surface area contributed by atoms with Crippen molar-refractivity contribution in [1.82, 2.24) is 0 Å². The fourth-order valence-corrected chi connectivity index (χ4v) is 5.50. The summed E-state index contributed by atoms with van der Waals surface area (Å²) in [5, 5.41) is 32.0. The number of alkyl halides is 3. The van der Waals surface area contributed by atoms with Crippen LogP contribution in [-0.2, 0) is 12.6 Å². The second kappa shape index (κ2) is 15.4. The molecule has 2 aromatic carbocycles. The summed E-state index contributed by atoms with van der Waals surface area (Å²) in [6, 6.07) is 6.83. The number of carbonyl (C=O) groups excluding carboxylic acids is 1. The molecule has 4 rings (SSSR count). The summed E-state index contributed by atoms with van der Waals surface area (Å²) in [5.74, 6) is -3.57. The van der Waals surface area contributed by atoms with E-state index in [1.165, 1.54) is 37.3 Å². The molecule has 3 N–H and O–H groups in total. The molecule has 0 aliphatic heterocycles. The van der Waals surface area contributed by atoms with E-state index in [1.54, 1.807) is 18.2 Å². The summed E-state index contributed by atoms with van der Waals surface area (Å²) < 4.78 is 51.0. The molecule has 1 aliphatic rings. The number of hydrogen-bond donors (Lipinski definition) is 3. The summed E-state index contributed by atoms with van der Waals surface area (Å²) in [6.45, 7) is 3.49. The molecule has 2 atom stereocenters. The van der Waals surface area contributed by atoms with Crippen molar-refractivity contribution in [2.24, 2.45) is 0 Å². The first-order valence-electron chi connectivity index (χ1n) is 15.1. The number of aliphatic hydroxyl groups excluding tert-OH is 1. The van der Waals surface area contributed by atoms with Crippen LogP contribution < -0.4 is 20.8 Å². The van der Waals surface area contributed by atoms with Gasteiger partial charge in [-0.15, -0.1) is 0 Å². The molecule has 1 aromatic heterocycles. The summed E-state index contributed by atoms with van der Waals surface area (Å²) in [7, 11) is 0. The van der Waals surface area contributed by atoms with Crippen molar-refractivity contribution in [3.8, 4) is 11.5 Å². The Hall–Kier alpha value is -4.81. The number of aromatic carboxylic acids is 1. The zero-order valence-electron chi connectivity index (χ0n) is 26.0. The van der Waals surface area contributed by atoms with Crippen LogP contribution in [0.1, 0.15) is 88.3 Å². The number of hydrogen-bond acceptors (Lipinski definition) is 8. The van der Waals surface area contributed by atoms with Crippen LogP contribution in [0.3, 0.4) is 0 Å². The normalized spacial score (nSPS) is 14.3. The van der Waals surface area contributed by atoms with Crippen LogP contribution in [0.15, 0.2) is 69.9 Å². The second-order valence-electron chi connectivity index (χ2n) is 11.1. The van der Waals surface area contributed by atoms with Gasteiger partial charge in [-0.3, -0.25) is 9.59 Å². The lowest BCUT2D eigenvalue weighted by Gasteiger charge is -2.22. The van der Waals surface area contributed by atoms with E-state index in [9.17, 15) is 42.9 Å². The number of Topliss-reactive ketones (excluding diaryl/α,β-unsaturated/α-hetero) is 1. The number of aliphatic hydroxyl groups is 1. The molecule has 0 amide bonds. The number of aromatic hydroxyl groups is 1. The molecule has 0 saturated heterocycles. The number of carboxylic acid groups (broad SMARTS) is 1. The highest BCUT2D eigenvalue weighted by molar-refractivity contribution is 7.81. The van der Waals surface area contributed by atoms with E-state index in [1.807, 2.05) is 6.92 Å². The van der Waals surface area contributed by atoms with Gasteiger partial charge in [-0.1, -0.05) is 68.1 Å². The van der Waals surface area contributed by atoms with Crippen molar-refractivity contribution in [1.29, 1.82) is 0 Å². The predicted octanol–water partition coefficient (Wildman–Crippen LogP) is 5.95. The Bertz CT molecular complexity index is 1960. The number of thiocarbonyl (C=S) groups is 1. The third-order valence-electron chi connectivity index (χ3n) is 7.68. The predicted molar refractivity (Wildman–Crippen MR) is 177 cm³/mol. The van der Waals surface area contributed by atoms with E-state index < -0.39 is 40.9 Å². The average molecular weight is 683 g/mol. The number of phenolic OH excluding ortho intramolecular Hbond substituents is 1. The van der Waals surface area contributed by atoms with E-state index >= 15 is 0 Å². The maximum absolute atomic E-state index is 13.7. The van der Waals surface area contributed by atoms with Crippen molar-refractivity contribution >= 4 is 41.0 Å². The molecular weight excluding hydrogens is 649 g/mol. The van der Waals surface area contributed by atoms with Crippen molar-refractivity contribution < 1.29 is 47.2 Å². The SMILES string of the molecule is CCCc1c(OCC/C=C\C=C\[C@@H](c2c(C(=O)O)oc3c(c2=O)=CCC(=S)C=3)[C@@H](O)c2ccc(C(F)(F)F)cc2)ccc(C(C)=O)c1O. The first kappa shape index (κ1) is 36.0. The molecule has 0 bridgehead atoms. The van der Waals surface area contributed by atoms with Gasteiger partial charge >= 0.3 is 12.1 Å². The molecule has 0 unspecified atom stereocenters. The minimum atomic E-state index is -4.61. The highest BCUT2D eigenvalue weighted by Gasteiger charge is 2.33. The van der Waals surface area contributed by atoms with Gasteiger partial charge in [0.1, 0.15) is 16.9 Å². The van der Waals surface area contributed by atoms with Gasteiger partial charge in [-0.25, -0.2) is 4.79 Å². The van der Waals surface area contributed by atoms with Crippen LogP contribution in [-0.4, -0.2) is 38.5 Å². The van der Waals surface area contributed by atoms with E-state index in [-0.39, 0.29) is 51.9 Å². The fraction of sp³-hybridized carbons (Fsp3) is 0.278. The van der Waals surface area contributed by atoms with Gasteiger partial charge in [0.05, 0.1) is 34.6 Å². The lowest BCUT2D eigenvalue weighted by Crippen LogP contribution is -2.45. The first-order valence-corrected chi connectivity index (χ1v) is 15.5. The van der Waals surface area contributed by atoms with Gasteiger partial charge in [-0.05, 0) is 55.7 Å². The van der Waals surface area contributed by atoms with Gasteiger partial charge in [0, 0.05) is 22.8 Å². The molecule has 0 radical (unpaired) electrons. The molecular formula is C36H33F3O8S. The molecule has 48 heavy (non-hydrogen) atoms. The molecule has 1 heterocycles. The van der Waals surface area contributed by atoms with Crippen LogP contribution in [0.25, 0.3) is 12.2 Å². The molecule has 252 valence electrons. The van der Waals surface area contributed by atoms with E-state index in [4.69, 9.17) is 21.4 Å². The van der Waals surface area contributed by atoms with Gasteiger partial charge in [0.25, 0.3) is 0 Å². The monoisotopic (exact) mass is 682 g/mol. The number of carboxylic acids is 1. The number of halogens is 3. The molecule has 12 heteroatoms. The van der Waals surface area contributed by atoms with E-state index in [2.05, 4.69) is 0 Å². The number of phenols is 1. The standard InChI is InChI=1S/C36H33F3O8S/c1-3-8-25-28(17-16-24(20(2)40)32(25)42)46-18-7-5-4-6-9-27(31(41)21-10-12-22(13-11-21)36(37,38)39)30-33(43)26-15-14-23(48)19-29(26)47-34(30)35(44)45/h4-6,9-13,15-17,19,27,31,41-42H,3,7-8,14,18H2,1-2H3,(H,44,45)/b5-4-,9-6+/t27-,31-/m0/s1. The van der Waals surface area contributed by atoms with Crippen molar-refractivity contribution in [2.45, 2.75) is 57.7 Å². The number of rotatable bonds is 13. The Morgan fingerprint density at radius 2 is 1.83 bits per heavy atom. The zero-order chi connectivity index (χ0) is 35.2. The minimum Gasteiger partial charge on any atom is -0.507 e. The van der Waals surface area contributed by atoms with Crippen molar-refractivity contribution in [3.05, 3.63) is 115 Å². The maximum Gasteiger partial charge on any atom is 0.416 e. The zero-order valence-corrected chi connectivity index (χ0v) is 26.9. The molecule has 0 spiro atoms. The highest BCUT2D eigenvalue weighted by Crippen LogP contribution is 2.35. The van der Waals surface area contributed by atoms with Crippen LogP contribution in [0.5, 0.6) is 11.5 Å². The van der Waals surface area contributed by atoms with Gasteiger partial charge in [0.2, 0.25) is 5.76 Å². The Kier molecular flexibility index (Phi) is 11.6. The summed E-state index contributed by atoms with van der Waals surface area (Å²) in [6.07, 6.45) is 4.62. The van der Waals surface area contributed by atoms with Crippen LogP contribution >= 0.6 is 12.2 Å². The summed E-state index contributed by atoms with van der Waals surface area (Å²) in [4.78, 5) is 38.2. The second-order valence-corrected chi connectivity index (χ2v) is 11.6. The number of benzene rings is 2. The quantitative estimate of drug-likeness (QED) is 0.0866. The smallest absolute Gasteiger partial charge is 0.416 e. The number of ether oxygens (including phenoxy) is 1. The Morgan fingerprint density at radius 1 is 1.12 bits per heavy atom. The highest BCUT2D eigenvalue weighted by atomic mass is 32.1. The minimum absolute atomic E-state index is 0.0159. The number of ketones is 1. The molecule has 8 nitrogen and oxygen atoms in total. The lowest BCUT2D eigenvalue weighted by molar-refractivity contribution is -0.137. The molecule has 3 aromatic rings. The third kappa shape index (κ3) is 8.18. The van der Waals surface area contributed by atoms with Crippen LogP contribution in [0.2, 0.25) is 0 Å². The Balaban J connectivity index is 1.64. The Morgan fingerprint density at radius 3 is 2.46 bits per heavy atom. The topological polar surface area (TPSA) is 134 Å². The van der Waals surface area contributed by atoms with Gasteiger partial charge < -0.3 is 24.5 Å². The summed E-state index contributed by atoms with van der Waals surface area (Å²) >= 11 is 5.16. The van der Waals surface area contributed by atoms with Crippen LogP contribution in [0, 0.1) is 0 Å². The van der Waals surface area contributed by atoms with E-state index in [0.29, 0.717) is 35.4 Å². The third-order valence-corrected chi connectivity index (χ3v) is 7.97. The van der Waals surface area contributed by atoms with E-state index in [0.717, 1.165) is 24.3 Å². The lowest BCUT2D eigenvalue weighted by atomic mass is 9.86. The molecule has 0 fully saturated rings. The van der Waals surface area contributed by atoms with Crippen molar-refractivity contribution in [2.75, 3.05) is 6.61 Å². The largest absolute Gasteiger partial charge is 0.507 e. The number of carbonyl (C=O) groups is 2. The molecule has 0 saturated carbocycles.